The SMILES string of the molecule is CCCC/C=C\CCCCCCCC(=O)OCC(COC(=O)CCCCCCCC/C=C\C/C=C\C/C=C\CCCCCCC)OC(=O)CCCCCCCCCCCCCCCCCCCCCC. The lowest BCUT2D eigenvalue weighted by Gasteiger charge is -2.18. The van der Waals surface area contributed by atoms with Gasteiger partial charge in [0.25, 0.3) is 0 Å². The van der Waals surface area contributed by atoms with Crippen molar-refractivity contribution in [2.45, 2.75) is 329 Å². The summed E-state index contributed by atoms with van der Waals surface area (Å²) >= 11 is 0. The Kier molecular flexibility index (Phi) is 56.7. The van der Waals surface area contributed by atoms with Crippen molar-refractivity contribution < 1.29 is 28.6 Å². The van der Waals surface area contributed by atoms with Gasteiger partial charge >= 0.3 is 17.9 Å². The van der Waals surface area contributed by atoms with Crippen molar-refractivity contribution in [2.75, 3.05) is 13.2 Å². The zero-order valence-corrected chi connectivity index (χ0v) is 46.8. The molecule has 6 nitrogen and oxygen atoms in total. The van der Waals surface area contributed by atoms with Crippen molar-refractivity contribution >= 4 is 17.9 Å². The molecular weight excluding hydrogens is 865 g/mol. The first-order valence-corrected chi connectivity index (χ1v) is 30.6. The van der Waals surface area contributed by atoms with Gasteiger partial charge in [-0.15, -0.1) is 0 Å². The van der Waals surface area contributed by atoms with Gasteiger partial charge in [0.15, 0.2) is 6.10 Å². The maximum absolute atomic E-state index is 12.9. The lowest BCUT2D eigenvalue weighted by molar-refractivity contribution is -0.167. The molecule has 0 aliphatic heterocycles. The van der Waals surface area contributed by atoms with E-state index in [1.54, 1.807) is 0 Å². The van der Waals surface area contributed by atoms with Crippen molar-refractivity contribution in [3.8, 4) is 0 Å². The van der Waals surface area contributed by atoms with Crippen LogP contribution in [0.1, 0.15) is 323 Å². The fourth-order valence-corrected chi connectivity index (χ4v) is 8.90. The second kappa shape index (κ2) is 58.9. The summed E-state index contributed by atoms with van der Waals surface area (Å²) < 4.78 is 16.9. The molecule has 70 heavy (non-hydrogen) atoms. The summed E-state index contributed by atoms with van der Waals surface area (Å²) in [5, 5.41) is 0. The zero-order valence-electron chi connectivity index (χ0n) is 46.8. The van der Waals surface area contributed by atoms with E-state index in [0.717, 1.165) is 83.5 Å². The van der Waals surface area contributed by atoms with Gasteiger partial charge < -0.3 is 14.2 Å². The Labute approximate surface area is 435 Å². The largest absolute Gasteiger partial charge is 0.462 e. The summed E-state index contributed by atoms with van der Waals surface area (Å²) in [4.78, 5) is 38.2. The molecule has 1 atom stereocenters. The molecule has 0 N–H and O–H groups in total. The second-order valence-corrected chi connectivity index (χ2v) is 20.6. The van der Waals surface area contributed by atoms with Crippen molar-refractivity contribution in [3.05, 3.63) is 48.6 Å². The van der Waals surface area contributed by atoms with Crippen LogP contribution < -0.4 is 0 Å². The quantitative estimate of drug-likeness (QED) is 0.0261. The molecule has 0 amide bonds. The maximum atomic E-state index is 12.9. The third-order valence-corrected chi connectivity index (χ3v) is 13.6. The topological polar surface area (TPSA) is 78.9 Å². The summed E-state index contributed by atoms with van der Waals surface area (Å²) in [6.07, 6.45) is 72.5. The average Bonchev–Trinajstić information content (AvgIpc) is 3.36. The molecule has 0 rings (SSSR count). The third kappa shape index (κ3) is 56.3. The van der Waals surface area contributed by atoms with Crippen molar-refractivity contribution in [3.63, 3.8) is 0 Å². The molecule has 408 valence electrons. The van der Waals surface area contributed by atoms with E-state index >= 15 is 0 Å². The van der Waals surface area contributed by atoms with Crippen LogP contribution in [0, 0.1) is 0 Å². The van der Waals surface area contributed by atoms with Crippen LogP contribution in [-0.2, 0) is 28.6 Å². The molecule has 0 aromatic heterocycles. The third-order valence-electron chi connectivity index (χ3n) is 13.6. The highest BCUT2D eigenvalue weighted by molar-refractivity contribution is 5.71. The van der Waals surface area contributed by atoms with Crippen LogP contribution >= 0.6 is 0 Å². The molecule has 0 saturated carbocycles. The van der Waals surface area contributed by atoms with Gasteiger partial charge in [-0.25, -0.2) is 0 Å². The van der Waals surface area contributed by atoms with Crippen LogP contribution in [0.15, 0.2) is 48.6 Å². The monoisotopic (exact) mass is 981 g/mol. The van der Waals surface area contributed by atoms with Crippen LogP contribution in [0.3, 0.4) is 0 Å². The first-order valence-electron chi connectivity index (χ1n) is 30.6. The highest BCUT2D eigenvalue weighted by Gasteiger charge is 2.19. The number of hydrogen-bond acceptors (Lipinski definition) is 6. The first kappa shape index (κ1) is 67.4. The Hall–Kier alpha value is -2.63. The van der Waals surface area contributed by atoms with E-state index in [9.17, 15) is 14.4 Å². The van der Waals surface area contributed by atoms with Gasteiger partial charge in [0.05, 0.1) is 0 Å². The van der Waals surface area contributed by atoms with Crippen LogP contribution in [0.2, 0.25) is 0 Å². The Balaban J connectivity index is 4.30. The van der Waals surface area contributed by atoms with E-state index in [-0.39, 0.29) is 31.1 Å². The van der Waals surface area contributed by atoms with Gasteiger partial charge in [0, 0.05) is 19.3 Å². The van der Waals surface area contributed by atoms with E-state index in [4.69, 9.17) is 14.2 Å². The van der Waals surface area contributed by atoms with Gasteiger partial charge in [0.2, 0.25) is 0 Å². The van der Waals surface area contributed by atoms with Crippen molar-refractivity contribution in [1.29, 1.82) is 0 Å². The number of rotatable bonds is 56. The maximum Gasteiger partial charge on any atom is 0.306 e. The summed E-state index contributed by atoms with van der Waals surface area (Å²) in [7, 11) is 0. The number of allylic oxidation sites excluding steroid dienone is 8. The molecule has 0 spiro atoms. The molecule has 0 radical (unpaired) electrons. The van der Waals surface area contributed by atoms with E-state index < -0.39 is 6.10 Å². The molecule has 6 heteroatoms. The van der Waals surface area contributed by atoms with Crippen LogP contribution in [-0.4, -0.2) is 37.2 Å². The predicted molar refractivity (Wildman–Crippen MR) is 302 cm³/mol. The van der Waals surface area contributed by atoms with E-state index in [1.165, 1.54) is 199 Å². The number of carbonyl (C=O) groups excluding carboxylic acids is 3. The molecule has 1 unspecified atom stereocenters. The molecular formula is C64H116O6. The molecule has 0 bridgehead atoms. The van der Waals surface area contributed by atoms with Crippen molar-refractivity contribution in [1.82, 2.24) is 0 Å². The van der Waals surface area contributed by atoms with E-state index in [1.807, 2.05) is 0 Å². The van der Waals surface area contributed by atoms with Gasteiger partial charge in [-0.05, 0) is 77.0 Å². The second-order valence-electron chi connectivity index (χ2n) is 20.6. The number of unbranched alkanes of at least 4 members (excludes halogenated alkanes) is 37. The molecule has 0 aromatic rings. The fourth-order valence-electron chi connectivity index (χ4n) is 8.90. The van der Waals surface area contributed by atoms with E-state index in [0.29, 0.717) is 19.3 Å². The molecule has 0 fully saturated rings. The average molecular weight is 982 g/mol. The number of carbonyl (C=O) groups is 3. The predicted octanol–water partition coefficient (Wildman–Crippen LogP) is 20.6. The van der Waals surface area contributed by atoms with E-state index in [2.05, 4.69) is 69.4 Å². The lowest BCUT2D eigenvalue weighted by atomic mass is 10.0. The zero-order chi connectivity index (χ0) is 50.7. The Morgan fingerprint density at radius 2 is 0.529 bits per heavy atom. The van der Waals surface area contributed by atoms with Gasteiger partial charge in [0.1, 0.15) is 13.2 Å². The van der Waals surface area contributed by atoms with Gasteiger partial charge in [-0.1, -0.05) is 275 Å². The Morgan fingerprint density at radius 1 is 0.286 bits per heavy atom. The molecule has 0 aliphatic rings. The normalized spacial score (nSPS) is 12.3. The summed E-state index contributed by atoms with van der Waals surface area (Å²) in [5.41, 5.74) is 0. The van der Waals surface area contributed by atoms with Crippen molar-refractivity contribution in [2.24, 2.45) is 0 Å². The fraction of sp³-hybridized carbons (Fsp3) is 0.828. The first-order chi connectivity index (χ1) is 34.5. The van der Waals surface area contributed by atoms with Crippen LogP contribution in [0.4, 0.5) is 0 Å². The number of hydrogen-bond donors (Lipinski definition) is 0. The molecule has 0 heterocycles. The highest BCUT2D eigenvalue weighted by Crippen LogP contribution is 2.17. The van der Waals surface area contributed by atoms with Crippen LogP contribution in [0.25, 0.3) is 0 Å². The smallest absolute Gasteiger partial charge is 0.306 e. The minimum atomic E-state index is -0.780. The van der Waals surface area contributed by atoms with Crippen LogP contribution in [0.5, 0.6) is 0 Å². The van der Waals surface area contributed by atoms with Gasteiger partial charge in [-0.3, -0.25) is 14.4 Å². The Bertz CT molecular complexity index is 1220. The molecule has 0 aliphatic carbocycles. The summed E-state index contributed by atoms with van der Waals surface area (Å²) in [6.45, 7) is 6.62. The molecule has 0 aromatic carbocycles. The molecule has 0 saturated heterocycles. The number of esters is 3. The number of ether oxygens (including phenoxy) is 3. The van der Waals surface area contributed by atoms with Gasteiger partial charge in [-0.2, -0.15) is 0 Å². The minimum absolute atomic E-state index is 0.0791. The highest BCUT2D eigenvalue weighted by atomic mass is 16.6. The summed E-state index contributed by atoms with van der Waals surface area (Å²) in [6, 6.07) is 0. The minimum Gasteiger partial charge on any atom is -0.462 e. The summed E-state index contributed by atoms with van der Waals surface area (Å²) in [5.74, 6) is -0.883. The Morgan fingerprint density at radius 3 is 0.857 bits per heavy atom. The standard InChI is InChI=1S/C64H116O6/c1-4-7-10-13-16-19-22-24-26-28-30-32-34-35-37-39-42-45-48-51-54-57-63(66)69-60-61(59-68-62(65)56-53-50-47-44-41-21-18-15-12-9-6-3)70-64(67)58-55-52-49-46-43-40-38-36-33-31-29-27-25-23-20-17-14-11-8-5-2/h15,18,22,24,28,30,34-35,61H,4-14,16-17,19-21,23,25-27,29,31-33,36-60H2,1-3H3/b18-15-,24-22-,30-28-,35-34-. The lowest BCUT2D eigenvalue weighted by Crippen LogP contribution is -2.30.